The van der Waals surface area contributed by atoms with E-state index in [0.29, 0.717) is 11.8 Å². The zero-order chi connectivity index (χ0) is 10.3. The molecule has 76 valence electrons. The molecule has 1 aromatic rings. The third-order valence-electron chi connectivity index (χ3n) is 2.70. The van der Waals surface area contributed by atoms with Crippen molar-refractivity contribution in [3.05, 3.63) is 26.9 Å². The van der Waals surface area contributed by atoms with Gasteiger partial charge in [-0.3, -0.25) is 4.98 Å². The summed E-state index contributed by atoms with van der Waals surface area (Å²) < 4.78 is 2.09. The first-order chi connectivity index (χ1) is 6.59. The van der Waals surface area contributed by atoms with Crippen molar-refractivity contribution in [1.82, 2.24) is 4.98 Å². The molecule has 14 heavy (non-hydrogen) atoms. The molecule has 3 unspecified atom stereocenters. The molecule has 2 nitrogen and oxygen atoms in total. The fraction of sp³-hybridized carbons (Fsp3) is 0.500. The van der Waals surface area contributed by atoms with Crippen molar-refractivity contribution in [2.24, 2.45) is 11.7 Å². The molecule has 1 saturated carbocycles. The van der Waals surface area contributed by atoms with Crippen LogP contribution in [-0.2, 0) is 0 Å². The van der Waals surface area contributed by atoms with Crippen LogP contribution in [0, 0.1) is 5.92 Å². The quantitative estimate of drug-likeness (QED) is 0.910. The van der Waals surface area contributed by atoms with Crippen molar-refractivity contribution in [3.8, 4) is 0 Å². The van der Waals surface area contributed by atoms with E-state index < -0.39 is 0 Å². The summed E-state index contributed by atoms with van der Waals surface area (Å²) >= 11 is 6.92. The van der Waals surface area contributed by atoms with E-state index in [4.69, 9.17) is 5.73 Å². The van der Waals surface area contributed by atoms with Gasteiger partial charge in [0.1, 0.15) is 0 Å². The van der Waals surface area contributed by atoms with Gasteiger partial charge in [0.25, 0.3) is 0 Å². The summed E-state index contributed by atoms with van der Waals surface area (Å²) in [7, 11) is 0. The summed E-state index contributed by atoms with van der Waals surface area (Å²) in [6.07, 6.45) is 3.02. The first-order valence-corrected chi connectivity index (χ1v) is 6.24. The predicted molar refractivity (Wildman–Crippen MR) is 64.1 cm³/mol. The van der Waals surface area contributed by atoms with E-state index in [-0.39, 0.29) is 6.04 Å². The smallest absolute Gasteiger partial charge is 0.0580 e. The van der Waals surface area contributed by atoms with Gasteiger partial charge in [-0.15, -0.1) is 0 Å². The van der Waals surface area contributed by atoms with E-state index in [1.165, 1.54) is 6.42 Å². The topological polar surface area (TPSA) is 38.9 Å². The highest BCUT2D eigenvalue weighted by Gasteiger charge is 2.42. The highest BCUT2D eigenvalue weighted by atomic mass is 79.9. The Kier molecular flexibility index (Phi) is 2.96. The van der Waals surface area contributed by atoms with Gasteiger partial charge in [-0.1, -0.05) is 0 Å². The van der Waals surface area contributed by atoms with E-state index >= 15 is 0 Å². The lowest BCUT2D eigenvalue weighted by atomic mass is 10.1. The molecule has 1 aromatic heterocycles. The molecule has 1 heterocycles. The van der Waals surface area contributed by atoms with E-state index in [1.807, 2.05) is 12.3 Å². The van der Waals surface area contributed by atoms with Crippen LogP contribution in [0.25, 0.3) is 0 Å². The number of aromatic nitrogens is 1. The van der Waals surface area contributed by atoms with E-state index in [1.54, 1.807) is 0 Å². The fourth-order valence-electron chi connectivity index (χ4n) is 1.81. The molecule has 0 bridgehead atoms. The molecule has 3 atom stereocenters. The van der Waals surface area contributed by atoms with Crippen LogP contribution in [-0.4, -0.2) is 11.0 Å². The lowest BCUT2D eigenvalue weighted by Gasteiger charge is -2.05. The monoisotopic (exact) mass is 318 g/mol. The summed E-state index contributed by atoms with van der Waals surface area (Å²) in [5.41, 5.74) is 7.00. The number of halogens is 2. The normalized spacial score (nSPS) is 27.4. The standard InChI is InChI=1S/C10H12Br2N2/c1-5(13)7-3-8(7)10-9(12)2-6(11)4-14-10/h2,4-5,7-8H,3,13H2,1H3. The average Bonchev–Trinajstić information content (AvgIpc) is 2.83. The van der Waals surface area contributed by atoms with Crippen LogP contribution in [0.4, 0.5) is 0 Å². The zero-order valence-electron chi connectivity index (χ0n) is 7.87. The SMILES string of the molecule is CC(N)C1CC1c1ncc(Br)cc1Br. The summed E-state index contributed by atoms with van der Waals surface area (Å²) in [6, 6.07) is 2.32. The second kappa shape index (κ2) is 3.91. The van der Waals surface area contributed by atoms with Crippen LogP contribution >= 0.6 is 31.9 Å². The van der Waals surface area contributed by atoms with Crippen LogP contribution < -0.4 is 5.73 Å². The Morgan fingerprint density at radius 1 is 1.57 bits per heavy atom. The molecule has 2 rings (SSSR count). The number of nitrogens with two attached hydrogens (primary N) is 1. The molecule has 0 radical (unpaired) electrons. The number of hydrogen-bond acceptors (Lipinski definition) is 2. The Morgan fingerprint density at radius 3 is 2.79 bits per heavy atom. The molecule has 0 aromatic carbocycles. The van der Waals surface area contributed by atoms with Crippen molar-refractivity contribution in [2.75, 3.05) is 0 Å². The molecular weight excluding hydrogens is 308 g/mol. The Balaban J connectivity index is 2.19. The molecule has 1 aliphatic rings. The Labute approximate surface area is 101 Å². The molecule has 0 saturated heterocycles. The van der Waals surface area contributed by atoms with Crippen LogP contribution in [0.15, 0.2) is 21.2 Å². The van der Waals surface area contributed by atoms with Crippen LogP contribution in [0.1, 0.15) is 25.0 Å². The lowest BCUT2D eigenvalue weighted by molar-refractivity contribution is 0.627. The van der Waals surface area contributed by atoms with Gasteiger partial charge in [0, 0.05) is 27.1 Å². The van der Waals surface area contributed by atoms with Gasteiger partial charge < -0.3 is 5.73 Å². The third kappa shape index (κ3) is 2.02. The second-order valence-electron chi connectivity index (χ2n) is 3.89. The first-order valence-electron chi connectivity index (χ1n) is 4.66. The minimum Gasteiger partial charge on any atom is -0.328 e. The summed E-state index contributed by atoms with van der Waals surface area (Å²) in [4.78, 5) is 4.42. The van der Waals surface area contributed by atoms with Gasteiger partial charge in [0.2, 0.25) is 0 Å². The van der Waals surface area contributed by atoms with Gasteiger partial charge >= 0.3 is 0 Å². The van der Waals surface area contributed by atoms with E-state index in [2.05, 4.69) is 43.8 Å². The predicted octanol–water partition coefficient (Wildman–Crippen LogP) is 3.06. The second-order valence-corrected chi connectivity index (χ2v) is 5.66. The van der Waals surface area contributed by atoms with Gasteiger partial charge in [0.15, 0.2) is 0 Å². The van der Waals surface area contributed by atoms with Gasteiger partial charge in [0.05, 0.1) is 5.69 Å². The van der Waals surface area contributed by atoms with Crippen LogP contribution in [0.2, 0.25) is 0 Å². The van der Waals surface area contributed by atoms with Crippen molar-refractivity contribution < 1.29 is 0 Å². The Bertz CT molecular complexity index is 352. The summed E-state index contributed by atoms with van der Waals surface area (Å²) in [6.45, 7) is 2.07. The maximum atomic E-state index is 5.85. The Hall–Kier alpha value is 0.0700. The average molecular weight is 320 g/mol. The highest BCUT2D eigenvalue weighted by molar-refractivity contribution is 9.11. The minimum atomic E-state index is 0.275. The van der Waals surface area contributed by atoms with E-state index in [9.17, 15) is 0 Å². The third-order valence-corrected chi connectivity index (χ3v) is 3.77. The first kappa shape index (κ1) is 10.6. The largest absolute Gasteiger partial charge is 0.328 e. The van der Waals surface area contributed by atoms with Crippen molar-refractivity contribution in [2.45, 2.75) is 25.3 Å². The van der Waals surface area contributed by atoms with Crippen molar-refractivity contribution in [1.29, 1.82) is 0 Å². The molecule has 4 heteroatoms. The minimum absolute atomic E-state index is 0.275. The lowest BCUT2D eigenvalue weighted by Crippen LogP contribution is -2.18. The van der Waals surface area contributed by atoms with Crippen molar-refractivity contribution >= 4 is 31.9 Å². The molecule has 1 aliphatic carbocycles. The molecular formula is C10H12Br2N2. The maximum absolute atomic E-state index is 5.85. The molecule has 0 spiro atoms. The van der Waals surface area contributed by atoms with E-state index in [0.717, 1.165) is 14.6 Å². The van der Waals surface area contributed by atoms with Crippen molar-refractivity contribution in [3.63, 3.8) is 0 Å². The maximum Gasteiger partial charge on any atom is 0.0580 e. The zero-order valence-corrected chi connectivity index (χ0v) is 11.0. The van der Waals surface area contributed by atoms with Crippen LogP contribution in [0.3, 0.4) is 0 Å². The van der Waals surface area contributed by atoms with Gasteiger partial charge in [-0.05, 0) is 57.2 Å². The molecule has 2 N–H and O–H groups in total. The molecule has 1 fully saturated rings. The van der Waals surface area contributed by atoms with Gasteiger partial charge in [-0.2, -0.15) is 0 Å². The summed E-state index contributed by atoms with van der Waals surface area (Å²) in [5.74, 6) is 1.16. The fourth-order valence-corrected chi connectivity index (χ4v) is 3.09. The number of nitrogens with zero attached hydrogens (tertiary/aromatic N) is 1. The highest BCUT2D eigenvalue weighted by Crippen LogP contribution is 2.50. The number of hydrogen-bond donors (Lipinski definition) is 1. The molecule has 0 aliphatic heterocycles. The van der Waals surface area contributed by atoms with Crippen LogP contribution in [0.5, 0.6) is 0 Å². The van der Waals surface area contributed by atoms with Gasteiger partial charge in [-0.25, -0.2) is 0 Å². The number of rotatable bonds is 2. The summed E-state index contributed by atoms with van der Waals surface area (Å²) in [5, 5.41) is 0. The number of pyridine rings is 1. The Morgan fingerprint density at radius 2 is 2.29 bits per heavy atom. The molecule has 0 amide bonds.